The first-order chi connectivity index (χ1) is 13.4. The highest BCUT2D eigenvalue weighted by Gasteiger charge is 2.31. The minimum atomic E-state index is -3.46. The lowest BCUT2D eigenvalue weighted by Crippen LogP contribution is -2.44. The number of halogens is 1. The summed E-state index contributed by atoms with van der Waals surface area (Å²) in [5, 5.41) is 3.07. The molecular weight excluding hydrogens is 379 g/mol. The SMILES string of the molecule is CCCCC(CC)CNC(=O)C1CCN(S(=O)(=O)Cc2ccc(F)cc2)CC1. The number of piperidine rings is 1. The van der Waals surface area contributed by atoms with Crippen LogP contribution in [-0.2, 0) is 20.6 Å². The highest BCUT2D eigenvalue weighted by molar-refractivity contribution is 7.88. The van der Waals surface area contributed by atoms with Crippen LogP contribution >= 0.6 is 0 Å². The second-order valence-electron chi connectivity index (χ2n) is 7.72. The predicted molar refractivity (Wildman–Crippen MR) is 110 cm³/mol. The Labute approximate surface area is 168 Å². The lowest BCUT2D eigenvalue weighted by atomic mass is 9.95. The van der Waals surface area contributed by atoms with Crippen LogP contribution in [0.5, 0.6) is 0 Å². The summed E-state index contributed by atoms with van der Waals surface area (Å²) in [4.78, 5) is 12.5. The van der Waals surface area contributed by atoms with Crippen molar-refractivity contribution < 1.29 is 17.6 Å². The van der Waals surface area contributed by atoms with Crippen LogP contribution in [0.4, 0.5) is 4.39 Å². The van der Waals surface area contributed by atoms with Crippen molar-refractivity contribution in [2.75, 3.05) is 19.6 Å². The fourth-order valence-corrected chi connectivity index (χ4v) is 5.17. The first-order valence-corrected chi connectivity index (χ1v) is 12.0. The zero-order valence-corrected chi connectivity index (χ0v) is 17.8. The largest absolute Gasteiger partial charge is 0.356 e. The molecule has 1 aliphatic rings. The molecule has 28 heavy (non-hydrogen) atoms. The van der Waals surface area contributed by atoms with Crippen molar-refractivity contribution in [1.82, 2.24) is 9.62 Å². The monoisotopic (exact) mass is 412 g/mol. The summed E-state index contributed by atoms with van der Waals surface area (Å²) in [7, 11) is -3.46. The third-order valence-electron chi connectivity index (χ3n) is 5.59. The van der Waals surface area contributed by atoms with E-state index in [-0.39, 0.29) is 23.4 Å². The van der Waals surface area contributed by atoms with Gasteiger partial charge in [-0.15, -0.1) is 0 Å². The van der Waals surface area contributed by atoms with Crippen LogP contribution in [0, 0.1) is 17.7 Å². The maximum Gasteiger partial charge on any atom is 0.223 e. The predicted octanol–water partition coefficient (Wildman–Crippen LogP) is 3.70. The molecule has 158 valence electrons. The molecule has 5 nitrogen and oxygen atoms in total. The van der Waals surface area contributed by atoms with Gasteiger partial charge < -0.3 is 5.32 Å². The normalized spacial score (nSPS) is 17.4. The van der Waals surface area contributed by atoms with Crippen molar-refractivity contribution in [2.24, 2.45) is 11.8 Å². The number of hydrogen-bond acceptors (Lipinski definition) is 3. The Bertz CT molecular complexity index is 714. The number of nitrogens with zero attached hydrogens (tertiary/aromatic N) is 1. The number of nitrogens with one attached hydrogen (secondary N) is 1. The molecule has 1 unspecified atom stereocenters. The molecule has 0 saturated carbocycles. The van der Waals surface area contributed by atoms with Gasteiger partial charge in [0.2, 0.25) is 15.9 Å². The van der Waals surface area contributed by atoms with Crippen molar-refractivity contribution in [3.8, 4) is 0 Å². The van der Waals surface area contributed by atoms with E-state index in [1.165, 1.54) is 35.0 Å². The molecule has 0 radical (unpaired) electrons. The number of carbonyl (C=O) groups excluding carboxylic acids is 1. The van der Waals surface area contributed by atoms with Crippen LogP contribution in [0.1, 0.15) is 57.9 Å². The third kappa shape index (κ3) is 6.85. The van der Waals surface area contributed by atoms with Crippen molar-refractivity contribution >= 4 is 15.9 Å². The van der Waals surface area contributed by atoms with Crippen molar-refractivity contribution in [2.45, 2.75) is 58.1 Å². The first-order valence-electron chi connectivity index (χ1n) is 10.4. The summed E-state index contributed by atoms with van der Waals surface area (Å²) < 4.78 is 39.7. The molecule has 1 aromatic carbocycles. The summed E-state index contributed by atoms with van der Waals surface area (Å²) in [6.45, 7) is 5.74. The fourth-order valence-electron chi connectivity index (χ4n) is 3.61. The van der Waals surface area contributed by atoms with Gasteiger partial charge >= 0.3 is 0 Å². The average molecular weight is 413 g/mol. The summed E-state index contributed by atoms with van der Waals surface area (Å²) in [6.07, 6.45) is 5.61. The molecule has 1 atom stereocenters. The van der Waals surface area contributed by atoms with E-state index in [1.807, 2.05) is 0 Å². The van der Waals surface area contributed by atoms with E-state index in [0.717, 1.165) is 19.3 Å². The van der Waals surface area contributed by atoms with Gasteiger partial charge in [0.15, 0.2) is 0 Å². The molecule has 0 spiro atoms. The Kier molecular flexibility index (Phi) is 8.89. The Morgan fingerprint density at radius 2 is 1.86 bits per heavy atom. The van der Waals surface area contributed by atoms with Crippen molar-refractivity contribution in [1.29, 1.82) is 0 Å². The minimum absolute atomic E-state index is 0.0468. The van der Waals surface area contributed by atoms with Gasteiger partial charge in [-0.2, -0.15) is 0 Å². The molecule has 1 fully saturated rings. The molecule has 1 heterocycles. The van der Waals surface area contributed by atoms with Gasteiger partial charge in [-0.05, 0) is 42.9 Å². The minimum Gasteiger partial charge on any atom is -0.356 e. The number of unbranched alkanes of at least 4 members (excludes halogenated alkanes) is 1. The van der Waals surface area contributed by atoms with Gasteiger partial charge in [0.05, 0.1) is 5.75 Å². The fraction of sp³-hybridized carbons (Fsp3) is 0.667. The van der Waals surface area contributed by atoms with Crippen LogP contribution in [0.3, 0.4) is 0 Å². The lowest BCUT2D eigenvalue weighted by molar-refractivity contribution is -0.126. The smallest absolute Gasteiger partial charge is 0.223 e. The van der Waals surface area contributed by atoms with E-state index in [2.05, 4.69) is 19.2 Å². The summed E-state index contributed by atoms with van der Waals surface area (Å²) in [6, 6.07) is 5.53. The van der Waals surface area contributed by atoms with Gasteiger partial charge in [0.25, 0.3) is 0 Å². The number of amides is 1. The van der Waals surface area contributed by atoms with Crippen molar-refractivity contribution in [3.63, 3.8) is 0 Å². The highest BCUT2D eigenvalue weighted by atomic mass is 32.2. The van der Waals surface area contributed by atoms with Gasteiger partial charge in [-0.3, -0.25) is 4.79 Å². The number of hydrogen-bond donors (Lipinski definition) is 1. The maximum atomic E-state index is 13.0. The molecule has 0 aromatic heterocycles. The van der Waals surface area contributed by atoms with Crippen LogP contribution in [0.25, 0.3) is 0 Å². The zero-order valence-electron chi connectivity index (χ0n) is 17.0. The standard InChI is InChI=1S/C21H33FN2O3S/c1-3-5-6-17(4-2)15-23-21(25)19-11-13-24(14-12-19)28(26,27)16-18-7-9-20(22)10-8-18/h7-10,17,19H,3-6,11-16H2,1-2H3,(H,23,25). The molecule has 0 aliphatic carbocycles. The third-order valence-corrected chi connectivity index (χ3v) is 7.44. The summed E-state index contributed by atoms with van der Waals surface area (Å²) in [5.74, 6) is -0.0840. The molecule has 1 aromatic rings. The zero-order chi connectivity index (χ0) is 20.6. The number of sulfonamides is 1. The Morgan fingerprint density at radius 3 is 2.43 bits per heavy atom. The van der Waals surface area contributed by atoms with E-state index in [9.17, 15) is 17.6 Å². The molecule has 2 rings (SSSR count). The van der Waals surface area contributed by atoms with E-state index >= 15 is 0 Å². The average Bonchev–Trinajstić information content (AvgIpc) is 2.69. The summed E-state index contributed by atoms with van der Waals surface area (Å²) >= 11 is 0. The molecule has 7 heteroatoms. The Morgan fingerprint density at radius 1 is 1.21 bits per heavy atom. The lowest BCUT2D eigenvalue weighted by Gasteiger charge is -2.31. The molecule has 1 saturated heterocycles. The second kappa shape index (κ2) is 10.9. The van der Waals surface area contributed by atoms with E-state index in [4.69, 9.17) is 0 Å². The van der Waals surface area contributed by atoms with Crippen LogP contribution in [0.15, 0.2) is 24.3 Å². The van der Waals surface area contributed by atoms with Crippen LogP contribution in [-0.4, -0.2) is 38.3 Å². The maximum absolute atomic E-state index is 13.0. The molecule has 0 bridgehead atoms. The topological polar surface area (TPSA) is 66.5 Å². The molecule has 1 N–H and O–H groups in total. The van der Waals surface area contributed by atoms with Crippen LogP contribution in [0.2, 0.25) is 0 Å². The van der Waals surface area contributed by atoms with Crippen LogP contribution < -0.4 is 5.32 Å². The Balaban J connectivity index is 1.80. The van der Waals surface area contributed by atoms with Gasteiger partial charge in [0.1, 0.15) is 5.82 Å². The first kappa shape index (κ1) is 22.8. The highest BCUT2D eigenvalue weighted by Crippen LogP contribution is 2.22. The molecule has 1 aliphatic heterocycles. The van der Waals surface area contributed by atoms with E-state index in [0.29, 0.717) is 44.0 Å². The van der Waals surface area contributed by atoms with Gasteiger partial charge in [-0.1, -0.05) is 45.2 Å². The quantitative estimate of drug-likeness (QED) is 0.637. The second-order valence-corrected chi connectivity index (χ2v) is 9.69. The molecular formula is C21H33FN2O3S. The van der Waals surface area contributed by atoms with E-state index in [1.54, 1.807) is 0 Å². The van der Waals surface area contributed by atoms with E-state index < -0.39 is 10.0 Å². The molecule has 1 amide bonds. The summed E-state index contributed by atoms with van der Waals surface area (Å²) in [5.41, 5.74) is 0.568. The van der Waals surface area contributed by atoms with Gasteiger partial charge in [-0.25, -0.2) is 17.1 Å². The number of benzene rings is 1. The number of carbonyl (C=O) groups is 1. The number of rotatable bonds is 10. The van der Waals surface area contributed by atoms with Gasteiger partial charge in [0, 0.05) is 25.6 Å². The Hall–Kier alpha value is -1.47. The van der Waals surface area contributed by atoms with Crippen molar-refractivity contribution in [3.05, 3.63) is 35.6 Å².